The molecule has 0 bridgehead atoms. The fourth-order valence-electron chi connectivity index (χ4n) is 4.47. The predicted molar refractivity (Wildman–Crippen MR) is 203 cm³/mol. The van der Waals surface area contributed by atoms with Gasteiger partial charge in [0, 0.05) is 34.7 Å². The number of allylic oxidation sites excluding steroid dienone is 5. The highest BCUT2D eigenvalue weighted by molar-refractivity contribution is 5.50. The van der Waals surface area contributed by atoms with Crippen molar-refractivity contribution in [1.82, 2.24) is 10.6 Å². The molecule has 1 unspecified atom stereocenters. The lowest BCUT2D eigenvalue weighted by atomic mass is 9.64. The van der Waals surface area contributed by atoms with Crippen LogP contribution >= 0.6 is 0 Å². The summed E-state index contributed by atoms with van der Waals surface area (Å²) in [4.78, 5) is 0. The molecule has 0 radical (unpaired) electrons. The van der Waals surface area contributed by atoms with Gasteiger partial charge in [0.05, 0.1) is 6.04 Å². The van der Waals surface area contributed by atoms with Crippen molar-refractivity contribution < 1.29 is 0 Å². The SMILES string of the molecule is C=C(C)/C=C\C(=C)C.C=C(Nc1ccc(CC)cc1)C(C)NC(=C)C1(/C(=C\C)NCCCCCC)CCC1.CC.CCCC. The van der Waals surface area contributed by atoms with Crippen LogP contribution in [0, 0.1) is 5.41 Å². The lowest BCUT2D eigenvalue weighted by Crippen LogP contribution is -2.45. The number of rotatable bonds is 17. The molecular formula is C41H71N3. The predicted octanol–water partition coefficient (Wildman–Crippen LogP) is 12.4. The Morgan fingerprint density at radius 2 is 1.39 bits per heavy atom. The third-order valence-corrected chi connectivity index (χ3v) is 7.67. The maximum absolute atomic E-state index is 4.47. The number of anilines is 1. The first-order valence-electron chi connectivity index (χ1n) is 17.4. The molecule has 1 aliphatic rings. The van der Waals surface area contributed by atoms with E-state index in [4.69, 9.17) is 0 Å². The van der Waals surface area contributed by atoms with Crippen LogP contribution in [0.2, 0.25) is 0 Å². The van der Waals surface area contributed by atoms with Gasteiger partial charge in [0.2, 0.25) is 0 Å². The van der Waals surface area contributed by atoms with Crippen LogP contribution in [-0.4, -0.2) is 12.6 Å². The summed E-state index contributed by atoms with van der Waals surface area (Å²) < 4.78 is 0. The van der Waals surface area contributed by atoms with Gasteiger partial charge in [-0.1, -0.05) is 148 Å². The topological polar surface area (TPSA) is 36.1 Å². The van der Waals surface area contributed by atoms with Crippen LogP contribution in [0.1, 0.15) is 133 Å². The van der Waals surface area contributed by atoms with Crippen LogP contribution < -0.4 is 16.0 Å². The minimum Gasteiger partial charge on any atom is -0.388 e. The van der Waals surface area contributed by atoms with Crippen LogP contribution in [0.25, 0.3) is 0 Å². The molecule has 3 heteroatoms. The summed E-state index contributed by atoms with van der Waals surface area (Å²) >= 11 is 0. The monoisotopic (exact) mass is 606 g/mol. The molecule has 0 spiro atoms. The Morgan fingerprint density at radius 3 is 1.77 bits per heavy atom. The maximum atomic E-state index is 4.47. The van der Waals surface area contributed by atoms with Crippen LogP contribution in [0.5, 0.6) is 0 Å². The Kier molecular flexibility index (Phi) is 26.0. The van der Waals surface area contributed by atoms with E-state index in [0.717, 1.165) is 54.0 Å². The number of aryl methyl sites for hydroxylation is 1. The van der Waals surface area contributed by atoms with Gasteiger partial charge < -0.3 is 16.0 Å². The molecule has 250 valence electrons. The van der Waals surface area contributed by atoms with E-state index in [9.17, 15) is 0 Å². The molecule has 0 saturated heterocycles. The van der Waals surface area contributed by atoms with E-state index in [0.29, 0.717) is 0 Å². The van der Waals surface area contributed by atoms with E-state index in [2.05, 4.69) is 114 Å². The van der Waals surface area contributed by atoms with Crippen molar-refractivity contribution >= 4 is 5.69 Å². The van der Waals surface area contributed by atoms with Crippen LogP contribution in [-0.2, 0) is 6.42 Å². The number of hydrogen-bond donors (Lipinski definition) is 3. The molecule has 0 aromatic heterocycles. The molecule has 3 nitrogen and oxygen atoms in total. The minimum atomic E-state index is 0.0385. The summed E-state index contributed by atoms with van der Waals surface area (Å²) in [5.74, 6) is 0. The van der Waals surface area contributed by atoms with Crippen molar-refractivity contribution in [2.45, 2.75) is 139 Å². The summed E-state index contributed by atoms with van der Waals surface area (Å²) in [5, 5.41) is 10.8. The van der Waals surface area contributed by atoms with Gasteiger partial charge in [0.25, 0.3) is 0 Å². The van der Waals surface area contributed by atoms with Gasteiger partial charge in [-0.05, 0) is 71.1 Å². The molecule has 44 heavy (non-hydrogen) atoms. The summed E-state index contributed by atoms with van der Waals surface area (Å²) in [5.41, 5.74) is 8.00. The zero-order valence-electron chi connectivity index (χ0n) is 30.7. The van der Waals surface area contributed by atoms with Crippen molar-refractivity contribution in [2.24, 2.45) is 5.41 Å². The standard InChI is InChI=1S/C27H43N3.C8H12.C4H10.C2H6/c1-7-10-11-12-20-28-26(9-3)27(18-13-19-27)23(6)29-21(4)22(5)30-25-16-14-24(8-2)15-17-25;1-7(2)5-6-8(3)4;1-3-4-2;1-2/h9,14-17,21,28-30H,5-8,10-13,18-20H2,1-4H3;5-6H,1,3H2,2,4H3;3-4H2,1-2H3;1-2H3/b26-9+;6-5-;;. The van der Waals surface area contributed by atoms with E-state index in [-0.39, 0.29) is 11.5 Å². The lowest BCUT2D eigenvalue weighted by molar-refractivity contribution is 0.209. The van der Waals surface area contributed by atoms with E-state index in [1.807, 2.05) is 39.8 Å². The van der Waals surface area contributed by atoms with Gasteiger partial charge in [-0.3, -0.25) is 0 Å². The second-order valence-electron chi connectivity index (χ2n) is 11.7. The van der Waals surface area contributed by atoms with Crippen LogP contribution in [0.15, 0.2) is 97.0 Å². The summed E-state index contributed by atoms with van der Waals surface area (Å²) in [6, 6.07) is 8.68. The first-order valence-corrected chi connectivity index (χ1v) is 17.4. The van der Waals surface area contributed by atoms with Gasteiger partial charge in [0.15, 0.2) is 0 Å². The highest BCUT2D eigenvalue weighted by atomic mass is 15.0. The van der Waals surface area contributed by atoms with E-state index in [1.54, 1.807) is 0 Å². The number of nitrogens with one attached hydrogen (secondary N) is 3. The van der Waals surface area contributed by atoms with Crippen molar-refractivity contribution in [2.75, 3.05) is 11.9 Å². The molecule has 1 saturated carbocycles. The second-order valence-corrected chi connectivity index (χ2v) is 11.7. The number of unbranched alkanes of at least 4 members (excludes halogenated alkanes) is 4. The molecule has 0 amide bonds. The molecule has 0 aliphatic heterocycles. The molecule has 1 aromatic carbocycles. The Morgan fingerprint density at radius 1 is 0.841 bits per heavy atom. The molecule has 3 N–H and O–H groups in total. The lowest BCUT2D eigenvalue weighted by Gasteiger charge is -2.46. The third kappa shape index (κ3) is 18.0. The zero-order valence-corrected chi connectivity index (χ0v) is 30.7. The largest absolute Gasteiger partial charge is 0.388 e. The van der Waals surface area contributed by atoms with E-state index < -0.39 is 0 Å². The quantitative estimate of drug-likeness (QED) is 0.122. The first kappa shape index (κ1) is 43.2. The van der Waals surface area contributed by atoms with Gasteiger partial charge in [0.1, 0.15) is 0 Å². The highest BCUT2D eigenvalue weighted by Crippen LogP contribution is 2.50. The van der Waals surface area contributed by atoms with Gasteiger partial charge in [-0.15, -0.1) is 0 Å². The van der Waals surface area contributed by atoms with Crippen LogP contribution in [0.3, 0.4) is 0 Å². The fourth-order valence-corrected chi connectivity index (χ4v) is 4.47. The number of hydrogen-bond acceptors (Lipinski definition) is 3. The Labute approximate surface area is 275 Å². The molecule has 0 heterocycles. The molecule has 1 aliphatic carbocycles. The van der Waals surface area contributed by atoms with Crippen LogP contribution in [0.4, 0.5) is 5.69 Å². The maximum Gasteiger partial charge on any atom is 0.0626 e. The van der Waals surface area contributed by atoms with Crippen molar-refractivity contribution in [3.8, 4) is 0 Å². The summed E-state index contributed by atoms with van der Waals surface area (Å²) in [7, 11) is 0. The molecular weight excluding hydrogens is 534 g/mol. The van der Waals surface area contributed by atoms with E-state index in [1.165, 1.54) is 56.2 Å². The Bertz CT molecular complexity index is 971. The Hall–Kier alpha value is -2.94. The normalized spacial score (nSPS) is 13.7. The van der Waals surface area contributed by atoms with Gasteiger partial charge >= 0.3 is 0 Å². The molecule has 2 rings (SSSR count). The van der Waals surface area contributed by atoms with Gasteiger partial charge in [-0.25, -0.2) is 0 Å². The molecule has 1 fully saturated rings. The van der Waals surface area contributed by atoms with Crippen molar-refractivity contribution in [1.29, 1.82) is 0 Å². The van der Waals surface area contributed by atoms with Crippen molar-refractivity contribution in [3.05, 3.63) is 103 Å². The smallest absolute Gasteiger partial charge is 0.0626 e. The zero-order chi connectivity index (χ0) is 34.0. The Balaban J connectivity index is 0. The molecule has 1 atom stereocenters. The highest BCUT2D eigenvalue weighted by Gasteiger charge is 2.43. The van der Waals surface area contributed by atoms with Gasteiger partial charge in [-0.2, -0.15) is 0 Å². The summed E-state index contributed by atoms with van der Waals surface area (Å²) in [6.45, 7) is 38.2. The second kappa shape index (κ2) is 26.5. The average molecular weight is 606 g/mol. The third-order valence-electron chi connectivity index (χ3n) is 7.67. The van der Waals surface area contributed by atoms with E-state index >= 15 is 0 Å². The fraction of sp³-hybridized carbons (Fsp3) is 0.561. The van der Waals surface area contributed by atoms with Crippen molar-refractivity contribution in [3.63, 3.8) is 0 Å². The minimum absolute atomic E-state index is 0.0385. The number of benzene rings is 1. The summed E-state index contributed by atoms with van der Waals surface area (Å²) in [6.07, 6.45) is 18.5. The average Bonchev–Trinajstić information content (AvgIpc) is 3.00. The molecule has 1 aromatic rings. The first-order chi connectivity index (χ1) is 21.0.